The molecule has 1 saturated heterocycles. The summed E-state index contributed by atoms with van der Waals surface area (Å²) in [7, 11) is -1.45. The smallest absolute Gasteiger partial charge is 0.246 e. The number of aliphatic hydroxyl groups is 1. The van der Waals surface area contributed by atoms with E-state index in [4.69, 9.17) is 5.11 Å². The third kappa shape index (κ3) is 3.33. The van der Waals surface area contributed by atoms with Gasteiger partial charge in [0.05, 0.1) is 6.20 Å². The molecule has 0 radical (unpaired) electrons. The Balaban J connectivity index is 2.08. The van der Waals surface area contributed by atoms with Gasteiger partial charge in [-0.05, 0) is 13.5 Å². The van der Waals surface area contributed by atoms with Crippen LogP contribution in [0, 0.1) is 0 Å². The summed E-state index contributed by atoms with van der Waals surface area (Å²) in [4.78, 5) is 2.34. The molecule has 19 heavy (non-hydrogen) atoms. The number of hydrogen-bond donors (Lipinski definition) is 1. The van der Waals surface area contributed by atoms with Crippen LogP contribution in [0.15, 0.2) is 17.3 Å². The van der Waals surface area contributed by atoms with Gasteiger partial charge in [0.25, 0.3) is 0 Å². The van der Waals surface area contributed by atoms with Crippen molar-refractivity contribution in [1.29, 1.82) is 0 Å². The molecule has 0 atom stereocenters. The molecule has 1 N–H and O–H groups in total. The number of nitrogens with zero attached hydrogens (tertiary/aromatic N) is 4. The van der Waals surface area contributed by atoms with Crippen molar-refractivity contribution in [2.24, 2.45) is 0 Å². The third-order valence-electron chi connectivity index (χ3n) is 3.25. The lowest BCUT2D eigenvalue weighted by Gasteiger charge is -2.31. The lowest BCUT2D eigenvalue weighted by Crippen LogP contribution is -2.46. The molecule has 2 rings (SSSR count). The van der Waals surface area contributed by atoms with Crippen LogP contribution in [0.1, 0.15) is 6.42 Å². The first-order valence-electron chi connectivity index (χ1n) is 6.36. The zero-order chi connectivity index (χ0) is 13.9. The van der Waals surface area contributed by atoms with Crippen molar-refractivity contribution in [3.05, 3.63) is 12.4 Å². The van der Waals surface area contributed by atoms with Crippen LogP contribution < -0.4 is 0 Å². The molecule has 0 aromatic carbocycles. The van der Waals surface area contributed by atoms with E-state index in [1.807, 2.05) is 7.05 Å². The third-order valence-corrected chi connectivity index (χ3v) is 5.11. The van der Waals surface area contributed by atoms with E-state index in [1.54, 1.807) is 4.68 Å². The minimum atomic E-state index is -3.43. The number of piperazine rings is 1. The highest BCUT2D eigenvalue weighted by atomic mass is 32.2. The summed E-state index contributed by atoms with van der Waals surface area (Å²) in [6.45, 7) is 3.12. The number of likely N-dealkylation sites (N-methyl/N-ethyl adjacent to an activating group) is 1. The van der Waals surface area contributed by atoms with Crippen molar-refractivity contribution in [1.82, 2.24) is 19.0 Å². The molecule has 0 saturated carbocycles. The lowest BCUT2D eigenvalue weighted by molar-refractivity contribution is 0.222. The van der Waals surface area contributed by atoms with E-state index in [2.05, 4.69) is 10.00 Å². The van der Waals surface area contributed by atoms with Gasteiger partial charge in [0.1, 0.15) is 4.90 Å². The Bertz CT molecular complexity index is 506. The monoisotopic (exact) mass is 288 g/mol. The standard InChI is InChI=1S/C11H20N4O3S/c1-13-4-6-15(7-5-13)19(17,18)11-9-12-14(10-11)3-2-8-16/h9-10,16H,2-8H2,1H3. The summed E-state index contributed by atoms with van der Waals surface area (Å²) in [6.07, 6.45) is 3.48. The van der Waals surface area contributed by atoms with Gasteiger partial charge in [-0.3, -0.25) is 4.68 Å². The van der Waals surface area contributed by atoms with Crippen LogP contribution in [0.4, 0.5) is 0 Å². The number of rotatable bonds is 5. The van der Waals surface area contributed by atoms with Crippen molar-refractivity contribution < 1.29 is 13.5 Å². The van der Waals surface area contributed by atoms with E-state index < -0.39 is 10.0 Å². The maximum atomic E-state index is 12.4. The Morgan fingerprint density at radius 1 is 1.32 bits per heavy atom. The molecule has 1 aliphatic rings. The molecule has 1 aromatic rings. The Morgan fingerprint density at radius 3 is 2.63 bits per heavy atom. The molecule has 0 bridgehead atoms. The van der Waals surface area contributed by atoms with Gasteiger partial charge in [0.15, 0.2) is 0 Å². The Kier molecular flexibility index (Phi) is 4.56. The summed E-state index contributed by atoms with van der Waals surface area (Å²) in [5.74, 6) is 0. The van der Waals surface area contributed by atoms with Gasteiger partial charge in [-0.25, -0.2) is 8.42 Å². The van der Waals surface area contributed by atoms with E-state index in [1.165, 1.54) is 16.7 Å². The fraction of sp³-hybridized carbons (Fsp3) is 0.727. The molecular formula is C11H20N4O3S. The van der Waals surface area contributed by atoms with Crippen molar-refractivity contribution >= 4 is 10.0 Å². The molecule has 0 spiro atoms. The molecule has 0 aliphatic carbocycles. The number of aromatic nitrogens is 2. The van der Waals surface area contributed by atoms with Crippen LogP contribution in [-0.2, 0) is 16.6 Å². The SMILES string of the molecule is CN1CCN(S(=O)(=O)c2cnn(CCCO)c2)CC1. The summed E-state index contributed by atoms with van der Waals surface area (Å²) < 4.78 is 27.8. The predicted octanol–water partition coefficient (Wildman–Crippen LogP) is -0.798. The lowest BCUT2D eigenvalue weighted by atomic mass is 10.4. The topological polar surface area (TPSA) is 78.7 Å². The number of aryl methyl sites for hydroxylation is 1. The highest BCUT2D eigenvalue weighted by molar-refractivity contribution is 7.89. The quantitative estimate of drug-likeness (QED) is 0.767. The van der Waals surface area contributed by atoms with Crippen LogP contribution in [0.5, 0.6) is 0 Å². The molecule has 2 heterocycles. The van der Waals surface area contributed by atoms with Gasteiger partial charge < -0.3 is 10.0 Å². The predicted molar refractivity (Wildman–Crippen MR) is 70.2 cm³/mol. The summed E-state index contributed by atoms with van der Waals surface area (Å²) in [5, 5.41) is 12.8. The Hall–Kier alpha value is -0.960. The number of sulfonamides is 1. The number of aliphatic hydroxyl groups excluding tert-OH is 1. The zero-order valence-electron chi connectivity index (χ0n) is 11.1. The van der Waals surface area contributed by atoms with Gasteiger partial charge in [0.2, 0.25) is 10.0 Å². The normalized spacial score (nSPS) is 18.8. The minimum absolute atomic E-state index is 0.0698. The molecule has 1 aromatic heterocycles. The highest BCUT2D eigenvalue weighted by Gasteiger charge is 2.28. The van der Waals surface area contributed by atoms with Crippen LogP contribution >= 0.6 is 0 Å². The average molecular weight is 288 g/mol. The maximum Gasteiger partial charge on any atom is 0.246 e. The summed E-state index contributed by atoms with van der Waals surface area (Å²) >= 11 is 0. The van der Waals surface area contributed by atoms with E-state index in [9.17, 15) is 8.42 Å². The average Bonchev–Trinajstić information content (AvgIpc) is 2.86. The van der Waals surface area contributed by atoms with Crippen molar-refractivity contribution in [3.8, 4) is 0 Å². The van der Waals surface area contributed by atoms with Crippen LogP contribution in [-0.4, -0.2) is 72.3 Å². The Labute approximate surface area is 113 Å². The molecule has 0 unspecified atom stereocenters. The molecule has 1 fully saturated rings. The molecule has 7 nitrogen and oxygen atoms in total. The highest BCUT2D eigenvalue weighted by Crippen LogP contribution is 2.16. The van der Waals surface area contributed by atoms with E-state index in [0.29, 0.717) is 26.1 Å². The van der Waals surface area contributed by atoms with E-state index in [-0.39, 0.29) is 11.5 Å². The van der Waals surface area contributed by atoms with Gasteiger partial charge in [-0.15, -0.1) is 0 Å². The second-order valence-corrected chi connectivity index (χ2v) is 6.66. The zero-order valence-corrected chi connectivity index (χ0v) is 11.9. The molecule has 8 heteroatoms. The minimum Gasteiger partial charge on any atom is -0.396 e. The van der Waals surface area contributed by atoms with Crippen molar-refractivity contribution in [3.63, 3.8) is 0 Å². The largest absolute Gasteiger partial charge is 0.396 e. The first-order valence-corrected chi connectivity index (χ1v) is 7.80. The molecule has 0 amide bonds. The van der Waals surface area contributed by atoms with Crippen molar-refractivity contribution in [2.75, 3.05) is 39.8 Å². The molecule has 1 aliphatic heterocycles. The number of hydrogen-bond acceptors (Lipinski definition) is 5. The first kappa shape index (κ1) is 14.4. The molecular weight excluding hydrogens is 268 g/mol. The van der Waals surface area contributed by atoms with Gasteiger partial charge in [0, 0.05) is 45.5 Å². The van der Waals surface area contributed by atoms with Gasteiger partial charge in [-0.2, -0.15) is 9.40 Å². The fourth-order valence-corrected chi connectivity index (χ4v) is 3.39. The summed E-state index contributed by atoms with van der Waals surface area (Å²) in [6, 6.07) is 0. The van der Waals surface area contributed by atoms with Crippen molar-refractivity contribution in [2.45, 2.75) is 17.9 Å². The van der Waals surface area contributed by atoms with Crippen LogP contribution in [0.25, 0.3) is 0 Å². The van der Waals surface area contributed by atoms with E-state index in [0.717, 1.165) is 13.1 Å². The second kappa shape index (κ2) is 6.00. The van der Waals surface area contributed by atoms with Gasteiger partial charge >= 0.3 is 0 Å². The van der Waals surface area contributed by atoms with E-state index >= 15 is 0 Å². The molecule has 108 valence electrons. The second-order valence-electron chi connectivity index (χ2n) is 4.72. The first-order chi connectivity index (χ1) is 9.04. The van der Waals surface area contributed by atoms with Crippen LogP contribution in [0.2, 0.25) is 0 Å². The fourth-order valence-electron chi connectivity index (χ4n) is 2.01. The summed E-state index contributed by atoms with van der Waals surface area (Å²) in [5.41, 5.74) is 0. The Morgan fingerprint density at radius 2 is 2.00 bits per heavy atom. The van der Waals surface area contributed by atoms with Gasteiger partial charge in [-0.1, -0.05) is 0 Å². The maximum absolute atomic E-state index is 12.4. The van der Waals surface area contributed by atoms with Crippen LogP contribution in [0.3, 0.4) is 0 Å².